The van der Waals surface area contributed by atoms with Crippen LogP contribution in [-0.4, -0.2) is 20.2 Å². The Bertz CT molecular complexity index is 802. The summed E-state index contributed by atoms with van der Waals surface area (Å²) >= 11 is 7.30. The van der Waals surface area contributed by atoms with E-state index in [0.29, 0.717) is 27.6 Å². The highest BCUT2D eigenvalue weighted by Gasteiger charge is 2.11. The van der Waals surface area contributed by atoms with E-state index < -0.39 is 0 Å². The molecule has 0 unspecified atom stereocenters. The molecular weight excluding hydrogens is 296 g/mol. The monoisotopic (exact) mass is 304 g/mol. The third-order valence-electron chi connectivity index (χ3n) is 2.62. The highest BCUT2D eigenvalue weighted by molar-refractivity contribution is 7.05. The lowest BCUT2D eigenvalue weighted by Gasteiger charge is -2.04. The lowest BCUT2D eigenvalue weighted by atomic mass is 10.3. The van der Waals surface area contributed by atoms with Gasteiger partial charge < -0.3 is 5.32 Å². The van der Waals surface area contributed by atoms with Crippen molar-refractivity contribution in [1.29, 1.82) is 0 Å². The molecule has 5 nitrogen and oxygen atoms in total. The predicted octanol–water partition coefficient (Wildman–Crippen LogP) is 3.30. The molecule has 0 fully saturated rings. The molecule has 1 N–H and O–H groups in total. The van der Waals surface area contributed by atoms with Gasteiger partial charge in [-0.1, -0.05) is 17.7 Å². The largest absolute Gasteiger partial charge is 0.304 e. The molecule has 0 spiro atoms. The van der Waals surface area contributed by atoms with Crippen molar-refractivity contribution in [2.24, 2.45) is 0 Å². The number of nitrogens with zero attached hydrogens (tertiary/aromatic N) is 3. The molecule has 3 aromatic rings. The zero-order chi connectivity index (χ0) is 14.1. The van der Waals surface area contributed by atoms with Crippen LogP contribution in [0.3, 0.4) is 0 Å². The summed E-state index contributed by atoms with van der Waals surface area (Å²) in [7, 11) is 0. The van der Waals surface area contributed by atoms with Gasteiger partial charge in [-0.3, -0.25) is 4.79 Å². The summed E-state index contributed by atoms with van der Waals surface area (Å²) < 4.78 is 4.05. The fourth-order valence-corrected chi connectivity index (χ4v) is 2.48. The number of hydrogen-bond donors (Lipinski definition) is 1. The first-order valence-electron chi connectivity index (χ1n) is 5.79. The summed E-state index contributed by atoms with van der Waals surface area (Å²) in [4.78, 5) is 21.5. The van der Waals surface area contributed by atoms with Gasteiger partial charge in [0.05, 0.1) is 16.7 Å². The van der Waals surface area contributed by atoms with Crippen LogP contribution in [0.1, 0.15) is 15.4 Å². The van der Waals surface area contributed by atoms with Crippen molar-refractivity contribution in [3.05, 3.63) is 46.1 Å². The van der Waals surface area contributed by atoms with E-state index in [9.17, 15) is 4.79 Å². The Morgan fingerprint density at radius 2 is 2.25 bits per heavy atom. The van der Waals surface area contributed by atoms with Gasteiger partial charge in [0.2, 0.25) is 0 Å². The molecule has 7 heteroatoms. The van der Waals surface area contributed by atoms with Crippen LogP contribution in [0.25, 0.3) is 11.0 Å². The van der Waals surface area contributed by atoms with Crippen LogP contribution in [0.5, 0.6) is 0 Å². The van der Waals surface area contributed by atoms with E-state index in [4.69, 9.17) is 11.6 Å². The molecule has 0 saturated heterocycles. The maximum Gasteiger partial charge on any atom is 0.276 e. The molecule has 0 aliphatic heterocycles. The van der Waals surface area contributed by atoms with Crippen LogP contribution in [0.4, 0.5) is 5.82 Å². The molecule has 0 saturated carbocycles. The molecule has 0 atom stereocenters. The van der Waals surface area contributed by atoms with Crippen LogP contribution >= 0.6 is 23.1 Å². The first-order valence-corrected chi connectivity index (χ1v) is 6.94. The second-order valence-corrected chi connectivity index (χ2v) is 5.56. The number of amides is 1. The number of hydrogen-bond acceptors (Lipinski definition) is 5. The molecule has 0 bridgehead atoms. The Balaban J connectivity index is 1.89. The van der Waals surface area contributed by atoms with Crippen molar-refractivity contribution < 1.29 is 4.79 Å². The van der Waals surface area contributed by atoms with Crippen molar-refractivity contribution in [2.75, 3.05) is 5.32 Å². The van der Waals surface area contributed by atoms with Crippen molar-refractivity contribution in [1.82, 2.24) is 14.3 Å². The number of benzene rings is 1. The van der Waals surface area contributed by atoms with Gasteiger partial charge in [0.25, 0.3) is 5.91 Å². The van der Waals surface area contributed by atoms with Gasteiger partial charge in [0, 0.05) is 4.88 Å². The number of aryl methyl sites for hydroxylation is 1. The predicted molar refractivity (Wildman–Crippen MR) is 79.4 cm³/mol. The van der Waals surface area contributed by atoms with Crippen LogP contribution in [0.15, 0.2) is 30.5 Å². The van der Waals surface area contributed by atoms with Crippen molar-refractivity contribution >= 4 is 45.9 Å². The fraction of sp³-hybridized carbons (Fsp3) is 0.0769. The number of carbonyl (C=O) groups excluding carboxylic acids is 1. The SMILES string of the molecule is Cc1cc(C(=O)Nc2cnc3c(Cl)cccc3n2)ns1. The quantitative estimate of drug-likeness (QED) is 0.788. The third-order valence-corrected chi connectivity index (χ3v) is 3.62. The first-order chi connectivity index (χ1) is 9.63. The lowest BCUT2D eigenvalue weighted by Crippen LogP contribution is -2.13. The van der Waals surface area contributed by atoms with Crippen molar-refractivity contribution in [3.63, 3.8) is 0 Å². The van der Waals surface area contributed by atoms with Gasteiger partial charge in [0.1, 0.15) is 11.2 Å². The van der Waals surface area contributed by atoms with Crippen molar-refractivity contribution in [2.45, 2.75) is 6.92 Å². The Kier molecular flexibility index (Phi) is 3.33. The summed E-state index contributed by atoms with van der Waals surface area (Å²) in [6.45, 7) is 1.90. The highest BCUT2D eigenvalue weighted by atomic mass is 35.5. The maximum atomic E-state index is 12.0. The van der Waals surface area contributed by atoms with Gasteiger partial charge >= 0.3 is 0 Å². The fourth-order valence-electron chi connectivity index (χ4n) is 1.72. The van der Waals surface area contributed by atoms with E-state index in [2.05, 4.69) is 19.7 Å². The molecule has 0 aliphatic rings. The molecule has 2 aromatic heterocycles. The average molecular weight is 305 g/mol. The topological polar surface area (TPSA) is 67.8 Å². The number of anilines is 1. The molecule has 100 valence electrons. The molecule has 0 aliphatic carbocycles. The molecule has 0 radical (unpaired) electrons. The Labute approximate surface area is 123 Å². The van der Waals surface area contributed by atoms with E-state index in [1.54, 1.807) is 24.3 Å². The van der Waals surface area contributed by atoms with E-state index >= 15 is 0 Å². The maximum absolute atomic E-state index is 12.0. The van der Waals surface area contributed by atoms with Gasteiger partial charge in [-0.25, -0.2) is 9.97 Å². The van der Waals surface area contributed by atoms with E-state index in [1.165, 1.54) is 17.7 Å². The molecule has 1 amide bonds. The van der Waals surface area contributed by atoms with Crippen LogP contribution in [-0.2, 0) is 0 Å². The summed E-state index contributed by atoms with van der Waals surface area (Å²) in [5, 5.41) is 3.20. The smallest absolute Gasteiger partial charge is 0.276 e. The number of fused-ring (bicyclic) bond motifs is 1. The Hall–Kier alpha value is -2.05. The minimum Gasteiger partial charge on any atom is -0.304 e. The Morgan fingerprint density at radius 1 is 1.40 bits per heavy atom. The molecule has 2 heterocycles. The van der Waals surface area contributed by atoms with Gasteiger partial charge in [0.15, 0.2) is 5.82 Å². The van der Waals surface area contributed by atoms with E-state index in [-0.39, 0.29) is 5.91 Å². The zero-order valence-corrected chi connectivity index (χ0v) is 12.0. The molecule has 1 aromatic carbocycles. The van der Waals surface area contributed by atoms with E-state index in [1.807, 2.05) is 6.92 Å². The first kappa shape index (κ1) is 13.0. The second-order valence-electron chi connectivity index (χ2n) is 4.14. The molecular formula is C13H9ClN4OS. The molecule has 20 heavy (non-hydrogen) atoms. The van der Waals surface area contributed by atoms with Gasteiger partial charge in [-0.15, -0.1) is 0 Å². The minimum absolute atomic E-state index is 0.301. The van der Waals surface area contributed by atoms with E-state index in [0.717, 1.165) is 4.88 Å². The van der Waals surface area contributed by atoms with Gasteiger partial charge in [-0.2, -0.15) is 4.37 Å². The summed E-state index contributed by atoms with van der Waals surface area (Å²) in [5.74, 6) is 0.0699. The number of para-hydroxylation sites is 1. The lowest BCUT2D eigenvalue weighted by molar-refractivity contribution is 0.102. The summed E-state index contributed by atoms with van der Waals surface area (Å²) in [5.41, 5.74) is 1.61. The number of halogens is 1. The highest BCUT2D eigenvalue weighted by Crippen LogP contribution is 2.20. The van der Waals surface area contributed by atoms with Crippen LogP contribution in [0.2, 0.25) is 5.02 Å². The van der Waals surface area contributed by atoms with Gasteiger partial charge in [-0.05, 0) is 36.7 Å². The zero-order valence-electron chi connectivity index (χ0n) is 10.4. The summed E-state index contributed by atoms with van der Waals surface area (Å²) in [6, 6.07) is 7.05. The van der Waals surface area contributed by atoms with Crippen molar-refractivity contribution in [3.8, 4) is 0 Å². The molecule has 3 rings (SSSR count). The minimum atomic E-state index is -0.301. The number of nitrogens with one attached hydrogen (secondary N) is 1. The average Bonchev–Trinajstić information content (AvgIpc) is 2.86. The number of rotatable bonds is 2. The summed E-state index contributed by atoms with van der Waals surface area (Å²) in [6.07, 6.45) is 1.48. The number of carbonyl (C=O) groups is 1. The third kappa shape index (κ3) is 2.48. The van der Waals surface area contributed by atoms with Crippen LogP contribution < -0.4 is 5.32 Å². The number of aromatic nitrogens is 3. The van der Waals surface area contributed by atoms with Crippen LogP contribution in [0, 0.1) is 6.92 Å². The standard InChI is InChI=1S/C13H9ClN4OS/c1-7-5-10(18-20-7)13(19)17-11-6-15-12-8(14)3-2-4-9(12)16-11/h2-6H,1H3,(H,16,17,19). The normalized spacial score (nSPS) is 10.7. The second kappa shape index (κ2) is 5.15. The Morgan fingerprint density at radius 3 is 3.00 bits per heavy atom.